The molecule has 0 spiro atoms. The molecule has 0 aliphatic carbocycles. The molecule has 0 fully saturated rings. The normalized spacial score (nSPS) is 10.2. The van der Waals surface area contributed by atoms with Gasteiger partial charge in [0.25, 0.3) is 11.8 Å². The van der Waals surface area contributed by atoms with E-state index in [9.17, 15) is 14.0 Å². The number of hydrogen-bond acceptors (Lipinski definition) is 3. The van der Waals surface area contributed by atoms with Crippen molar-refractivity contribution >= 4 is 23.2 Å². The summed E-state index contributed by atoms with van der Waals surface area (Å²) in [5.41, 5.74) is 2.68. The van der Waals surface area contributed by atoms with E-state index in [1.165, 1.54) is 42.7 Å². The summed E-state index contributed by atoms with van der Waals surface area (Å²) in [6.45, 7) is 1.96. The van der Waals surface area contributed by atoms with E-state index in [-0.39, 0.29) is 22.9 Å². The van der Waals surface area contributed by atoms with Crippen LogP contribution in [0, 0.1) is 12.7 Å². The molecule has 0 atom stereocenters. The van der Waals surface area contributed by atoms with Crippen molar-refractivity contribution in [3.05, 3.63) is 89.5 Å². The Kier molecular flexibility index (Phi) is 5.03. The Morgan fingerprint density at radius 2 is 1.27 bits per heavy atom. The van der Waals surface area contributed by atoms with Crippen molar-refractivity contribution in [3.8, 4) is 0 Å². The first kappa shape index (κ1) is 17.3. The standard InChI is InChI=1S/C20H16FN3O2/c1-13-2-6-17(7-3-13)23-19(25)14-10-15(12-22-11-14)20(26)24-18-8-4-16(21)5-9-18/h2-12H,1H3,(H,23,25)(H,24,26). The molecule has 6 heteroatoms. The summed E-state index contributed by atoms with van der Waals surface area (Å²) in [4.78, 5) is 28.6. The van der Waals surface area contributed by atoms with Gasteiger partial charge >= 0.3 is 0 Å². The summed E-state index contributed by atoms with van der Waals surface area (Å²) >= 11 is 0. The average molecular weight is 349 g/mol. The van der Waals surface area contributed by atoms with E-state index in [4.69, 9.17) is 0 Å². The van der Waals surface area contributed by atoms with Crippen LogP contribution in [-0.2, 0) is 0 Å². The number of carbonyl (C=O) groups excluding carboxylic acids is 2. The summed E-state index contributed by atoms with van der Waals surface area (Å²) in [5, 5.41) is 5.39. The number of hydrogen-bond donors (Lipinski definition) is 2. The number of carbonyl (C=O) groups is 2. The number of amides is 2. The zero-order chi connectivity index (χ0) is 18.5. The summed E-state index contributed by atoms with van der Waals surface area (Å²) in [7, 11) is 0. The van der Waals surface area contributed by atoms with Crippen molar-refractivity contribution < 1.29 is 14.0 Å². The molecule has 0 aliphatic rings. The average Bonchev–Trinajstić information content (AvgIpc) is 2.65. The molecule has 2 N–H and O–H groups in total. The Balaban J connectivity index is 1.72. The van der Waals surface area contributed by atoms with Gasteiger partial charge in [0.1, 0.15) is 5.82 Å². The Morgan fingerprint density at radius 1 is 0.808 bits per heavy atom. The first-order valence-corrected chi connectivity index (χ1v) is 7.91. The third-order valence-electron chi connectivity index (χ3n) is 3.67. The Morgan fingerprint density at radius 3 is 1.77 bits per heavy atom. The number of aryl methyl sites for hydroxylation is 1. The maximum atomic E-state index is 12.9. The monoisotopic (exact) mass is 349 g/mol. The SMILES string of the molecule is Cc1ccc(NC(=O)c2cncc(C(=O)Nc3ccc(F)cc3)c2)cc1. The number of aromatic nitrogens is 1. The van der Waals surface area contributed by atoms with Crippen molar-refractivity contribution in [2.75, 3.05) is 10.6 Å². The van der Waals surface area contributed by atoms with Gasteiger partial charge in [-0.2, -0.15) is 0 Å². The molecule has 1 aromatic heterocycles. The van der Waals surface area contributed by atoms with Crippen LogP contribution in [0.25, 0.3) is 0 Å². The van der Waals surface area contributed by atoms with Gasteiger partial charge in [0, 0.05) is 23.8 Å². The molecule has 1 heterocycles. The van der Waals surface area contributed by atoms with Crippen molar-refractivity contribution in [1.82, 2.24) is 4.98 Å². The second kappa shape index (κ2) is 7.57. The third kappa shape index (κ3) is 4.30. The summed E-state index contributed by atoms with van der Waals surface area (Å²) < 4.78 is 12.9. The van der Waals surface area contributed by atoms with E-state index in [1.807, 2.05) is 19.1 Å². The smallest absolute Gasteiger partial charge is 0.257 e. The predicted octanol–water partition coefficient (Wildman–Crippen LogP) is 4.03. The van der Waals surface area contributed by atoms with Gasteiger partial charge in [-0.05, 0) is 49.4 Å². The molecule has 2 aromatic carbocycles. The molecule has 0 bridgehead atoms. The molecule has 2 amide bonds. The highest BCUT2D eigenvalue weighted by Gasteiger charge is 2.12. The number of benzene rings is 2. The number of anilines is 2. The van der Waals surface area contributed by atoms with E-state index in [0.29, 0.717) is 11.4 Å². The van der Waals surface area contributed by atoms with E-state index in [1.54, 1.807) is 12.1 Å². The Hall–Kier alpha value is -3.54. The van der Waals surface area contributed by atoms with Gasteiger partial charge in [-0.1, -0.05) is 17.7 Å². The highest BCUT2D eigenvalue weighted by atomic mass is 19.1. The summed E-state index contributed by atoms with van der Waals surface area (Å²) in [6, 6.07) is 14.2. The summed E-state index contributed by atoms with van der Waals surface area (Å²) in [6.07, 6.45) is 2.75. The van der Waals surface area contributed by atoms with Crippen LogP contribution in [-0.4, -0.2) is 16.8 Å². The van der Waals surface area contributed by atoms with Crippen LogP contribution >= 0.6 is 0 Å². The van der Waals surface area contributed by atoms with Gasteiger partial charge in [-0.3, -0.25) is 14.6 Å². The zero-order valence-electron chi connectivity index (χ0n) is 14.0. The van der Waals surface area contributed by atoms with Crippen molar-refractivity contribution in [1.29, 1.82) is 0 Å². The lowest BCUT2D eigenvalue weighted by Crippen LogP contribution is -2.16. The number of nitrogens with one attached hydrogen (secondary N) is 2. The van der Waals surface area contributed by atoms with Crippen LogP contribution < -0.4 is 10.6 Å². The highest BCUT2D eigenvalue weighted by Crippen LogP contribution is 2.13. The van der Waals surface area contributed by atoms with E-state index in [0.717, 1.165) is 5.56 Å². The molecule has 0 saturated carbocycles. The van der Waals surface area contributed by atoms with Crippen LogP contribution in [0.5, 0.6) is 0 Å². The van der Waals surface area contributed by atoms with Crippen LogP contribution in [0.4, 0.5) is 15.8 Å². The molecule has 130 valence electrons. The largest absolute Gasteiger partial charge is 0.322 e. The molecule has 3 aromatic rings. The predicted molar refractivity (Wildman–Crippen MR) is 97.7 cm³/mol. The van der Waals surface area contributed by atoms with Crippen LogP contribution in [0.1, 0.15) is 26.3 Å². The first-order chi connectivity index (χ1) is 12.5. The molecule has 3 rings (SSSR count). The first-order valence-electron chi connectivity index (χ1n) is 7.91. The molecule has 0 aliphatic heterocycles. The fourth-order valence-corrected chi connectivity index (χ4v) is 2.26. The van der Waals surface area contributed by atoms with Crippen molar-refractivity contribution in [2.45, 2.75) is 6.92 Å². The number of pyridine rings is 1. The van der Waals surface area contributed by atoms with Crippen LogP contribution in [0.2, 0.25) is 0 Å². The molecule has 0 unspecified atom stereocenters. The van der Waals surface area contributed by atoms with Crippen LogP contribution in [0.15, 0.2) is 67.0 Å². The zero-order valence-corrected chi connectivity index (χ0v) is 14.0. The van der Waals surface area contributed by atoms with Gasteiger partial charge in [0.05, 0.1) is 11.1 Å². The minimum Gasteiger partial charge on any atom is -0.322 e. The van der Waals surface area contributed by atoms with Gasteiger partial charge < -0.3 is 10.6 Å². The quantitative estimate of drug-likeness (QED) is 0.747. The van der Waals surface area contributed by atoms with Gasteiger partial charge in [-0.25, -0.2) is 4.39 Å². The number of nitrogens with zero attached hydrogens (tertiary/aromatic N) is 1. The fraction of sp³-hybridized carbons (Fsp3) is 0.0500. The van der Waals surface area contributed by atoms with Crippen molar-refractivity contribution in [2.24, 2.45) is 0 Å². The molecule has 5 nitrogen and oxygen atoms in total. The minimum absolute atomic E-state index is 0.228. The Labute approximate surface area is 149 Å². The van der Waals surface area contributed by atoms with E-state index >= 15 is 0 Å². The van der Waals surface area contributed by atoms with Gasteiger partial charge in [0.2, 0.25) is 0 Å². The fourth-order valence-electron chi connectivity index (χ4n) is 2.26. The topological polar surface area (TPSA) is 71.1 Å². The lowest BCUT2D eigenvalue weighted by Gasteiger charge is -2.08. The minimum atomic E-state index is -0.436. The molecule has 26 heavy (non-hydrogen) atoms. The summed E-state index contributed by atoms with van der Waals surface area (Å²) in [5.74, 6) is -1.19. The third-order valence-corrected chi connectivity index (χ3v) is 3.67. The van der Waals surface area contributed by atoms with E-state index < -0.39 is 5.91 Å². The molecular weight excluding hydrogens is 333 g/mol. The Bertz CT molecular complexity index is 863. The van der Waals surface area contributed by atoms with E-state index in [2.05, 4.69) is 15.6 Å². The highest BCUT2D eigenvalue weighted by molar-refractivity contribution is 6.08. The second-order valence-electron chi connectivity index (χ2n) is 5.74. The maximum absolute atomic E-state index is 12.9. The number of halogens is 1. The van der Waals surface area contributed by atoms with Crippen LogP contribution in [0.3, 0.4) is 0 Å². The lowest BCUT2D eigenvalue weighted by molar-refractivity contribution is 0.102. The second-order valence-corrected chi connectivity index (χ2v) is 5.74. The number of rotatable bonds is 4. The van der Waals surface area contributed by atoms with Gasteiger partial charge in [-0.15, -0.1) is 0 Å². The molecular formula is C20H16FN3O2. The van der Waals surface area contributed by atoms with Crippen molar-refractivity contribution in [3.63, 3.8) is 0 Å². The molecule has 0 radical (unpaired) electrons. The maximum Gasteiger partial charge on any atom is 0.257 e. The van der Waals surface area contributed by atoms with Gasteiger partial charge in [0.15, 0.2) is 0 Å². The molecule has 0 saturated heterocycles. The lowest BCUT2D eigenvalue weighted by atomic mass is 10.1.